The minimum absolute atomic E-state index is 0.0864. The summed E-state index contributed by atoms with van der Waals surface area (Å²) in [5.41, 5.74) is 5.71. The van der Waals surface area contributed by atoms with Crippen LogP contribution >= 0.6 is 0 Å². The molecule has 36 heavy (non-hydrogen) atoms. The quantitative estimate of drug-likeness (QED) is 0.232. The molecule has 0 unspecified atom stereocenters. The number of rotatable bonds is 11. The Bertz CT molecular complexity index is 1180. The van der Waals surface area contributed by atoms with E-state index in [1.807, 2.05) is 61.5 Å². The SMILES string of the molecule is CCOc1ccc(/C=N/NC(=O)/C(=C\c2ccc(N(CC)CC)cc2)NC(=O)c2ccccc2)cc1. The Hall–Kier alpha value is -4.39. The van der Waals surface area contributed by atoms with Crippen molar-refractivity contribution in [3.63, 3.8) is 0 Å². The van der Waals surface area contributed by atoms with Gasteiger partial charge < -0.3 is 15.0 Å². The molecule has 0 spiro atoms. The molecule has 3 aromatic carbocycles. The third kappa shape index (κ3) is 7.56. The van der Waals surface area contributed by atoms with Crippen molar-refractivity contribution in [3.05, 3.63) is 101 Å². The van der Waals surface area contributed by atoms with Gasteiger partial charge in [0.2, 0.25) is 0 Å². The highest BCUT2D eigenvalue weighted by molar-refractivity contribution is 6.05. The zero-order chi connectivity index (χ0) is 25.8. The number of carbonyl (C=O) groups excluding carboxylic acids is 2. The van der Waals surface area contributed by atoms with Gasteiger partial charge in [0.05, 0.1) is 12.8 Å². The monoisotopic (exact) mass is 484 g/mol. The number of hydrogen-bond donors (Lipinski definition) is 2. The lowest BCUT2D eigenvalue weighted by Gasteiger charge is -2.20. The Labute approximate surface area is 212 Å². The second-order valence-electron chi connectivity index (χ2n) is 7.84. The molecule has 0 saturated heterocycles. The standard InChI is InChI=1S/C29H32N4O3/c1-4-33(5-2)25-16-12-22(13-17-25)20-27(31-28(34)24-10-8-7-9-11-24)29(35)32-30-21-23-14-18-26(19-15-23)36-6-3/h7-21H,4-6H2,1-3H3,(H,31,34)(H,32,35)/b27-20+,30-21+. The van der Waals surface area contributed by atoms with E-state index in [1.54, 1.807) is 30.3 Å². The minimum Gasteiger partial charge on any atom is -0.494 e. The van der Waals surface area contributed by atoms with Crippen LogP contribution in [0.4, 0.5) is 5.69 Å². The molecule has 3 aromatic rings. The third-order valence-corrected chi connectivity index (χ3v) is 5.43. The first-order chi connectivity index (χ1) is 17.5. The summed E-state index contributed by atoms with van der Waals surface area (Å²) in [6.07, 6.45) is 3.16. The Morgan fingerprint density at radius 1 is 0.861 bits per heavy atom. The van der Waals surface area contributed by atoms with Gasteiger partial charge >= 0.3 is 0 Å². The first kappa shape index (κ1) is 26.2. The number of nitrogens with one attached hydrogen (secondary N) is 2. The fraction of sp³-hybridized carbons (Fsp3) is 0.207. The zero-order valence-corrected chi connectivity index (χ0v) is 20.9. The van der Waals surface area contributed by atoms with Crippen molar-refractivity contribution in [2.75, 3.05) is 24.6 Å². The van der Waals surface area contributed by atoms with Crippen LogP contribution < -0.4 is 20.4 Å². The summed E-state index contributed by atoms with van der Waals surface area (Å²) in [5.74, 6) is -0.152. The maximum Gasteiger partial charge on any atom is 0.287 e. The molecule has 3 rings (SSSR count). The topological polar surface area (TPSA) is 83.0 Å². The van der Waals surface area contributed by atoms with Gasteiger partial charge in [-0.3, -0.25) is 9.59 Å². The van der Waals surface area contributed by atoms with Crippen molar-refractivity contribution in [2.24, 2.45) is 5.10 Å². The van der Waals surface area contributed by atoms with Gasteiger partial charge in [0.15, 0.2) is 0 Å². The highest BCUT2D eigenvalue weighted by Gasteiger charge is 2.14. The molecule has 0 aliphatic carbocycles. The van der Waals surface area contributed by atoms with E-state index < -0.39 is 5.91 Å². The largest absolute Gasteiger partial charge is 0.494 e. The molecule has 0 saturated carbocycles. The highest BCUT2D eigenvalue weighted by Crippen LogP contribution is 2.17. The van der Waals surface area contributed by atoms with Crippen LogP contribution in [0.25, 0.3) is 6.08 Å². The normalized spacial score (nSPS) is 11.2. The minimum atomic E-state index is -0.533. The van der Waals surface area contributed by atoms with Gasteiger partial charge in [-0.05, 0) is 86.5 Å². The summed E-state index contributed by atoms with van der Waals surface area (Å²) in [6.45, 7) is 8.52. The summed E-state index contributed by atoms with van der Waals surface area (Å²) in [6, 6.07) is 23.9. The van der Waals surface area contributed by atoms with E-state index >= 15 is 0 Å². The molecule has 7 heteroatoms. The zero-order valence-electron chi connectivity index (χ0n) is 20.9. The number of carbonyl (C=O) groups is 2. The molecule has 0 fully saturated rings. The number of benzene rings is 3. The molecule has 7 nitrogen and oxygen atoms in total. The average Bonchev–Trinajstić information content (AvgIpc) is 2.91. The van der Waals surface area contributed by atoms with Gasteiger partial charge in [0, 0.05) is 24.3 Å². The van der Waals surface area contributed by atoms with Gasteiger partial charge in [-0.1, -0.05) is 30.3 Å². The van der Waals surface area contributed by atoms with E-state index in [4.69, 9.17) is 4.74 Å². The lowest BCUT2D eigenvalue weighted by molar-refractivity contribution is -0.117. The molecule has 0 bridgehead atoms. The Morgan fingerprint density at radius 3 is 2.11 bits per heavy atom. The summed E-state index contributed by atoms with van der Waals surface area (Å²) < 4.78 is 5.43. The number of hydrazone groups is 1. The third-order valence-electron chi connectivity index (χ3n) is 5.43. The van der Waals surface area contributed by atoms with Gasteiger partial charge in [-0.25, -0.2) is 5.43 Å². The molecule has 2 N–H and O–H groups in total. The van der Waals surface area contributed by atoms with E-state index in [2.05, 4.69) is 34.6 Å². The van der Waals surface area contributed by atoms with E-state index in [9.17, 15) is 9.59 Å². The predicted molar refractivity (Wildman–Crippen MR) is 145 cm³/mol. The van der Waals surface area contributed by atoms with Crippen molar-refractivity contribution in [1.82, 2.24) is 10.7 Å². The van der Waals surface area contributed by atoms with E-state index in [-0.39, 0.29) is 11.6 Å². The number of amides is 2. The second-order valence-corrected chi connectivity index (χ2v) is 7.84. The van der Waals surface area contributed by atoms with Gasteiger partial charge in [0.25, 0.3) is 11.8 Å². The van der Waals surface area contributed by atoms with Crippen LogP contribution in [0.3, 0.4) is 0 Å². The fourth-order valence-corrected chi connectivity index (χ4v) is 3.52. The number of nitrogens with zero attached hydrogens (tertiary/aromatic N) is 2. The summed E-state index contributed by atoms with van der Waals surface area (Å²) in [7, 11) is 0. The molecule has 0 heterocycles. The molecule has 186 valence electrons. The molecule has 0 radical (unpaired) electrons. The Balaban J connectivity index is 1.78. The van der Waals surface area contributed by atoms with E-state index in [0.717, 1.165) is 35.7 Å². The maximum absolute atomic E-state index is 13.0. The van der Waals surface area contributed by atoms with E-state index in [0.29, 0.717) is 12.2 Å². The number of hydrogen-bond acceptors (Lipinski definition) is 5. The molecule has 0 aliphatic heterocycles. The van der Waals surface area contributed by atoms with Crippen LogP contribution in [-0.4, -0.2) is 37.7 Å². The van der Waals surface area contributed by atoms with Gasteiger partial charge in [-0.2, -0.15) is 5.10 Å². The van der Waals surface area contributed by atoms with E-state index in [1.165, 1.54) is 6.21 Å². The average molecular weight is 485 g/mol. The summed E-state index contributed by atoms with van der Waals surface area (Å²) >= 11 is 0. The van der Waals surface area contributed by atoms with Crippen LogP contribution in [0, 0.1) is 0 Å². The summed E-state index contributed by atoms with van der Waals surface area (Å²) in [5, 5.41) is 6.78. The van der Waals surface area contributed by atoms with Crippen molar-refractivity contribution in [1.29, 1.82) is 0 Å². The predicted octanol–water partition coefficient (Wildman–Crippen LogP) is 4.85. The smallest absolute Gasteiger partial charge is 0.287 e. The molecule has 0 aliphatic rings. The maximum atomic E-state index is 13.0. The lowest BCUT2D eigenvalue weighted by atomic mass is 10.1. The van der Waals surface area contributed by atoms with Crippen molar-refractivity contribution in [2.45, 2.75) is 20.8 Å². The van der Waals surface area contributed by atoms with Crippen LogP contribution in [-0.2, 0) is 4.79 Å². The van der Waals surface area contributed by atoms with Crippen LogP contribution in [0.5, 0.6) is 5.75 Å². The molecule has 0 atom stereocenters. The Kier molecular flexibility index (Phi) is 9.82. The molecule has 0 aromatic heterocycles. The number of anilines is 1. The van der Waals surface area contributed by atoms with Gasteiger partial charge in [0.1, 0.15) is 11.4 Å². The molecular weight excluding hydrogens is 452 g/mol. The Morgan fingerprint density at radius 2 is 1.50 bits per heavy atom. The summed E-state index contributed by atoms with van der Waals surface area (Å²) in [4.78, 5) is 28.0. The van der Waals surface area contributed by atoms with Crippen molar-refractivity contribution < 1.29 is 14.3 Å². The van der Waals surface area contributed by atoms with Gasteiger partial charge in [-0.15, -0.1) is 0 Å². The molecule has 2 amide bonds. The first-order valence-corrected chi connectivity index (χ1v) is 12.0. The lowest BCUT2D eigenvalue weighted by Crippen LogP contribution is -2.32. The first-order valence-electron chi connectivity index (χ1n) is 12.0. The fourth-order valence-electron chi connectivity index (χ4n) is 3.52. The molecular formula is C29H32N4O3. The van der Waals surface area contributed by atoms with Crippen molar-refractivity contribution >= 4 is 29.8 Å². The van der Waals surface area contributed by atoms with Crippen LogP contribution in [0.1, 0.15) is 42.3 Å². The van der Waals surface area contributed by atoms with Crippen LogP contribution in [0.15, 0.2) is 89.7 Å². The second kappa shape index (κ2) is 13.5. The van der Waals surface area contributed by atoms with Crippen LogP contribution in [0.2, 0.25) is 0 Å². The highest BCUT2D eigenvalue weighted by atomic mass is 16.5. The van der Waals surface area contributed by atoms with Crippen molar-refractivity contribution in [3.8, 4) is 5.75 Å². The number of ether oxygens (including phenoxy) is 1.